The Kier molecular flexibility index (Phi) is 2.49. The van der Waals surface area contributed by atoms with Gasteiger partial charge in [0.2, 0.25) is 0 Å². The average molecular weight is 179 g/mol. The molecule has 0 atom stereocenters. The molecular weight excluding hydrogens is 174 g/mol. The third kappa shape index (κ3) is 1.58. The first-order valence-electron chi connectivity index (χ1n) is 3.33. The van der Waals surface area contributed by atoms with Crippen LogP contribution in [0.25, 0.3) is 0 Å². The van der Waals surface area contributed by atoms with Gasteiger partial charge >= 0.3 is 5.97 Å². The monoisotopic (exact) mass is 179 g/mol. The van der Waals surface area contributed by atoms with Gasteiger partial charge in [-0.1, -0.05) is 0 Å². The average Bonchev–Trinajstić information content (AvgIpc) is 2.16. The van der Waals surface area contributed by atoms with Crippen molar-refractivity contribution in [2.45, 2.75) is 0 Å². The molecule has 66 valence electrons. The van der Waals surface area contributed by atoms with Crippen LogP contribution in [0.4, 0.5) is 0 Å². The molecule has 0 unspecified atom stereocenters. The van der Waals surface area contributed by atoms with E-state index >= 15 is 0 Å². The number of carboxylic acid groups (broad SMARTS) is 1. The van der Waals surface area contributed by atoms with E-state index in [-0.39, 0.29) is 11.1 Å². The van der Waals surface area contributed by atoms with E-state index in [4.69, 9.17) is 5.11 Å². The lowest BCUT2D eigenvalue weighted by molar-refractivity contribution is 0.0687. The maximum Gasteiger partial charge on any atom is 0.355 e. The lowest BCUT2D eigenvalue weighted by Gasteiger charge is -1.99. The number of carbonyl (C=O) groups excluding carboxylic acids is 2. The summed E-state index contributed by atoms with van der Waals surface area (Å²) in [6.07, 6.45) is 1.89. The summed E-state index contributed by atoms with van der Waals surface area (Å²) >= 11 is 0. The van der Waals surface area contributed by atoms with Crippen molar-refractivity contribution in [3.63, 3.8) is 0 Å². The topological polar surface area (TPSA) is 84.3 Å². The zero-order chi connectivity index (χ0) is 9.84. The van der Waals surface area contributed by atoms with Crippen molar-refractivity contribution in [3.8, 4) is 0 Å². The van der Waals surface area contributed by atoms with Crippen LogP contribution in [-0.2, 0) is 0 Å². The zero-order valence-electron chi connectivity index (χ0n) is 6.43. The highest BCUT2D eigenvalue weighted by Gasteiger charge is 2.14. The lowest BCUT2D eigenvalue weighted by Crippen LogP contribution is -2.07. The Labute approximate surface area is 73.0 Å². The Bertz CT molecular complexity index is 372. The molecule has 0 bridgehead atoms. The predicted molar refractivity (Wildman–Crippen MR) is 42.0 cm³/mol. The summed E-state index contributed by atoms with van der Waals surface area (Å²) in [4.78, 5) is 34.8. The molecule has 1 aromatic heterocycles. The molecule has 1 N–H and O–H groups in total. The molecule has 0 aliphatic rings. The van der Waals surface area contributed by atoms with Crippen LogP contribution < -0.4 is 0 Å². The first-order chi connectivity index (χ1) is 6.20. The summed E-state index contributed by atoms with van der Waals surface area (Å²) in [7, 11) is 0. The largest absolute Gasteiger partial charge is 0.476 e. The molecule has 0 amide bonds. The smallest absolute Gasteiger partial charge is 0.355 e. The normalized spacial score (nSPS) is 9.23. The molecule has 0 radical (unpaired) electrons. The number of carbonyl (C=O) groups is 3. The second-order valence-corrected chi connectivity index (χ2v) is 2.20. The quantitative estimate of drug-likeness (QED) is 0.679. The molecule has 0 aliphatic carbocycles. The zero-order valence-corrected chi connectivity index (χ0v) is 6.43. The molecule has 1 heterocycles. The highest BCUT2D eigenvalue weighted by molar-refractivity contribution is 6.00. The standard InChI is InChI=1S/C8H5NO4/c10-3-5-1-2-9-7(8(12)13)6(5)4-11/h1-4H,(H,12,13). The van der Waals surface area contributed by atoms with Crippen molar-refractivity contribution in [2.75, 3.05) is 0 Å². The van der Waals surface area contributed by atoms with Gasteiger partial charge in [-0.3, -0.25) is 9.59 Å². The number of hydrogen-bond donors (Lipinski definition) is 1. The molecule has 0 aliphatic heterocycles. The van der Waals surface area contributed by atoms with Crippen LogP contribution in [-0.4, -0.2) is 28.6 Å². The minimum Gasteiger partial charge on any atom is -0.476 e. The second kappa shape index (κ2) is 3.57. The van der Waals surface area contributed by atoms with Gasteiger partial charge in [0.15, 0.2) is 18.3 Å². The Balaban J connectivity index is 3.43. The molecule has 5 nitrogen and oxygen atoms in total. The molecule has 0 fully saturated rings. The SMILES string of the molecule is O=Cc1ccnc(C(=O)O)c1C=O. The van der Waals surface area contributed by atoms with Gasteiger partial charge < -0.3 is 5.11 Å². The fourth-order valence-electron chi connectivity index (χ4n) is 0.885. The predicted octanol–water partition coefficient (Wildman–Crippen LogP) is 0.405. The van der Waals surface area contributed by atoms with E-state index < -0.39 is 11.7 Å². The summed E-state index contributed by atoms with van der Waals surface area (Å²) in [5, 5.41) is 8.58. The Hall–Kier alpha value is -2.04. The number of nitrogens with zero attached hydrogens (tertiary/aromatic N) is 1. The van der Waals surface area contributed by atoms with Gasteiger partial charge in [0.05, 0.1) is 5.56 Å². The van der Waals surface area contributed by atoms with Gasteiger partial charge in [0.1, 0.15) is 0 Å². The summed E-state index contributed by atoms with van der Waals surface area (Å²) < 4.78 is 0. The van der Waals surface area contributed by atoms with Gasteiger partial charge in [-0.15, -0.1) is 0 Å². The van der Waals surface area contributed by atoms with Crippen LogP contribution in [0.15, 0.2) is 12.3 Å². The maximum absolute atomic E-state index is 10.5. The van der Waals surface area contributed by atoms with Gasteiger partial charge in [-0.25, -0.2) is 9.78 Å². The Morgan fingerprint density at radius 1 is 1.38 bits per heavy atom. The summed E-state index contributed by atoms with van der Waals surface area (Å²) in [5.41, 5.74) is -0.563. The molecule has 0 spiro atoms. The second-order valence-electron chi connectivity index (χ2n) is 2.20. The van der Waals surface area contributed by atoms with Gasteiger partial charge in [-0.2, -0.15) is 0 Å². The molecule has 1 aromatic rings. The fourth-order valence-corrected chi connectivity index (χ4v) is 0.885. The van der Waals surface area contributed by atoms with E-state index in [1.807, 2.05) is 0 Å². The van der Waals surface area contributed by atoms with Gasteiger partial charge in [0, 0.05) is 11.8 Å². The van der Waals surface area contributed by atoms with Crippen molar-refractivity contribution in [3.05, 3.63) is 29.1 Å². The van der Waals surface area contributed by atoms with E-state index in [0.717, 1.165) is 0 Å². The molecule has 0 aromatic carbocycles. The van der Waals surface area contributed by atoms with Crippen LogP contribution >= 0.6 is 0 Å². The van der Waals surface area contributed by atoms with Crippen LogP contribution in [0.5, 0.6) is 0 Å². The van der Waals surface area contributed by atoms with Crippen LogP contribution in [0.1, 0.15) is 31.2 Å². The Morgan fingerprint density at radius 2 is 2.08 bits per heavy atom. The first-order valence-corrected chi connectivity index (χ1v) is 3.33. The van der Waals surface area contributed by atoms with E-state index in [0.29, 0.717) is 12.6 Å². The van der Waals surface area contributed by atoms with Crippen LogP contribution in [0, 0.1) is 0 Å². The summed E-state index contributed by atoms with van der Waals surface area (Å²) in [6, 6.07) is 1.28. The minimum atomic E-state index is -1.33. The molecule has 13 heavy (non-hydrogen) atoms. The molecule has 0 saturated heterocycles. The molecule has 5 heteroatoms. The highest BCUT2D eigenvalue weighted by Crippen LogP contribution is 2.07. The van der Waals surface area contributed by atoms with Crippen molar-refractivity contribution < 1.29 is 19.5 Å². The van der Waals surface area contributed by atoms with Crippen molar-refractivity contribution in [1.82, 2.24) is 4.98 Å². The highest BCUT2D eigenvalue weighted by atomic mass is 16.4. The third-order valence-corrected chi connectivity index (χ3v) is 1.47. The first kappa shape index (κ1) is 9.05. The molecular formula is C8H5NO4. The van der Waals surface area contributed by atoms with Crippen molar-refractivity contribution in [2.24, 2.45) is 0 Å². The number of aromatic carboxylic acids is 1. The van der Waals surface area contributed by atoms with E-state index in [9.17, 15) is 14.4 Å². The maximum atomic E-state index is 10.5. The molecule has 0 saturated carbocycles. The van der Waals surface area contributed by atoms with Crippen LogP contribution in [0.3, 0.4) is 0 Å². The van der Waals surface area contributed by atoms with Crippen molar-refractivity contribution >= 4 is 18.5 Å². The summed E-state index contributed by atoms with van der Waals surface area (Å²) in [5.74, 6) is -1.33. The number of aldehydes is 2. The number of hydrogen-bond acceptors (Lipinski definition) is 4. The van der Waals surface area contributed by atoms with Gasteiger partial charge in [-0.05, 0) is 6.07 Å². The van der Waals surface area contributed by atoms with E-state index in [1.54, 1.807) is 0 Å². The lowest BCUT2D eigenvalue weighted by atomic mass is 10.1. The molecule has 1 rings (SSSR count). The van der Waals surface area contributed by atoms with Crippen molar-refractivity contribution in [1.29, 1.82) is 0 Å². The Morgan fingerprint density at radius 3 is 2.54 bits per heavy atom. The van der Waals surface area contributed by atoms with Gasteiger partial charge in [0.25, 0.3) is 0 Å². The minimum absolute atomic E-state index is 0.0300. The number of rotatable bonds is 3. The number of carboxylic acids is 1. The third-order valence-electron chi connectivity index (χ3n) is 1.47. The van der Waals surface area contributed by atoms with E-state index in [2.05, 4.69) is 4.98 Å². The fraction of sp³-hybridized carbons (Fsp3) is 0. The summed E-state index contributed by atoms with van der Waals surface area (Å²) in [6.45, 7) is 0. The number of pyridine rings is 1. The van der Waals surface area contributed by atoms with E-state index in [1.165, 1.54) is 12.3 Å². The number of aromatic nitrogens is 1. The van der Waals surface area contributed by atoms with Crippen LogP contribution in [0.2, 0.25) is 0 Å².